The van der Waals surface area contributed by atoms with E-state index in [1.54, 1.807) is 9.80 Å². The first-order valence-corrected chi connectivity index (χ1v) is 11.0. The van der Waals surface area contributed by atoms with Gasteiger partial charge < -0.3 is 19.4 Å². The van der Waals surface area contributed by atoms with E-state index >= 15 is 0 Å². The molecule has 4 amide bonds. The van der Waals surface area contributed by atoms with Crippen molar-refractivity contribution in [1.29, 1.82) is 0 Å². The van der Waals surface area contributed by atoms with E-state index < -0.39 is 11.6 Å². The summed E-state index contributed by atoms with van der Waals surface area (Å²) in [4.78, 5) is 56.2. The molecule has 32 heavy (non-hydrogen) atoms. The minimum atomic E-state index is -0.599. The van der Waals surface area contributed by atoms with Crippen molar-refractivity contribution in [3.63, 3.8) is 0 Å². The number of fused-ring (bicyclic) bond motifs is 1. The van der Waals surface area contributed by atoms with Crippen LogP contribution in [0.4, 0.5) is 10.5 Å². The number of anilines is 1. The number of piperidine rings is 1. The Morgan fingerprint density at radius 2 is 1.75 bits per heavy atom. The lowest BCUT2D eigenvalue weighted by Crippen LogP contribution is -2.53. The first-order chi connectivity index (χ1) is 15.0. The first kappa shape index (κ1) is 22.1. The summed E-state index contributed by atoms with van der Waals surface area (Å²) in [7, 11) is 1.47. The van der Waals surface area contributed by atoms with Crippen LogP contribution in [0.25, 0.3) is 0 Å². The minimum Gasteiger partial charge on any atom is -0.444 e. The Morgan fingerprint density at radius 3 is 2.41 bits per heavy atom. The quantitative estimate of drug-likeness (QED) is 0.650. The van der Waals surface area contributed by atoms with Gasteiger partial charge in [0.1, 0.15) is 11.6 Å². The number of amides is 4. The van der Waals surface area contributed by atoms with Crippen molar-refractivity contribution in [3.8, 4) is 0 Å². The van der Waals surface area contributed by atoms with Crippen molar-refractivity contribution < 1.29 is 23.9 Å². The highest BCUT2D eigenvalue weighted by atomic mass is 16.6. The molecule has 2 saturated heterocycles. The molecule has 4 rings (SSSR count). The Bertz CT molecular complexity index is 962. The number of ether oxygens (including phenoxy) is 1. The number of carbonyl (C=O) groups is 4. The Kier molecular flexibility index (Phi) is 5.60. The maximum absolute atomic E-state index is 12.9. The van der Waals surface area contributed by atoms with Crippen molar-refractivity contribution in [2.24, 2.45) is 0 Å². The SMILES string of the molecule is CN1C(=O)CCC(N2Cc3cc(N4CCN(C(=O)OC(C)(C)C)CC4)ccc3C2=O)C1=O. The van der Waals surface area contributed by atoms with Crippen LogP contribution in [0, 0.1) is 0 Å². The maximum atomic E-state index is 12.9. The van der Waals surface area contributed by atoms with Crippen molar-refractivity contribution in [2.45, 2.75) is 51.8 Å². The van der Waals surface area contributed by atoms with Crippen LogP contribution in [0.2, 0.25) is 0 Å². The molecule has 0 aromatic heterocycles. The number of likely N-dealkylation sites (N-methyl/N-ethyl adjacent to an activating group) is 1. The fraction of sp³-hybridized carbons (Fsp3) is 0.565. The number of rotatable bonds is 2. The third-order valence-electron chi connectivity index (χ3n) is 6.21. The summed E-state index contributed by atoms with van der Waals surface area (Å²) in [5.74, 6) is -0.688. The molecule has 2 fully saturated rings. The largest absolute Gasteiger partial charge is 0.444 e. The smallest absolute Gasteiger partial charge is 0.410 e. The zero-order chi connectivity index (χ0) is 23.2. The van der Waals surface area contributed by atoms with Crippen LogP contribution in [-0.4, -0.2) is 83.4 Å². The molecule has 0 spiro atoms. The highest BCUT2D eigenvalue weighted by molar-refractivity contribution is 6.05. The number of hydrogen-bond donors (Lipinski definition) is 0. The Hall–Kier alpha value is -3.10. The van der Waals surface area contributed by atoms with Crippen molar-refractivity contribution in [2.75, 3.05) is 38.1 Å². The zero-order valence-electron chi connectivity index (χ0n) is 19.1. The molecule has 1 unspecified atom stereocenters. The zero-order valence-corrected chi connectivity index (χ0v) is 19.1. The number of piperazine rings is 1. The van der Waals surface area contributed by atoms with E-state index in [1.807, 2.05) is 39.0 Å². The standard InChI is InChI=1S/C23H30N4O5/c1-23(2,3)32-22(31)26-11-9-25(10-12-26)16-5-6-17-15(13-16)14-27(20(17)29)18-7-8-19(28)24(4)21(18)30/h5-6,13,18H,7-12,14H2,1-4H3. The summed E-state index contributed by atoms with van der Waals surface area (Å²) in [6, 6.07) is 5.13. The molecule has 1 aromatic rings. The number of imide groups is 1. The third-order valence-corrected chi connectivity index (χ3v) is 6.21. The van der Waals surface area contributed by atoms with Gasteiger partial charge in [0.2, 0.25) is 5.91 Å². The molecule has 0 bridgehead atoms. The van der Waals surface area contributed by atoms with Crippen molar-refractivity contribution >= 4 is 29.5 Å². The predicted molar refractivity (Wildman–Crippen MR) is 117 cm³/mol. The highest BCUT2D eigenvalue weighted by Gasteiger charge is 2.41. The Balaban J connectivity index is 1.42. The number of carbonyl (C=O) groups excluding carboxylic acids is 4. The van der Waals surface area contributed by atoms with E-state index in [9.17, 15) is 19.2 Å². The molecule has 1 atom stereocenters. The van der Waals surface area contributed by atoms with E-state index in [0.29, 0.717) is 44.7 Å². The van der Waals surface area contributed by atoms with E-state index in [4.69, 9.17) is 4.74 Å². The summed E-state index contributed by atoms with van der Waals surface area (Å²) < 4.78 is 5.46. The maximum Gasteiger partial charge on any atom is 0.410 e. The summed E-state index contributed by atoms with van der Waals surface area (Å²) >= 11 is 0. The molecule has 3 heterocycles. The van der Waals surface area contributed by atoms with Crippen molar-refractivity contribution in [1.82, 2.24) is 14.7 Å². The predicted octanol–water partition coefficient (Wildman–Crippen LogP) is 1.85. The molecule has 9 heteroatoms. The topological polar surface area (TPSA) is 90.5 Å². The van der Waals surface area contributed by atoms with Gasteiger partial charge in [0, 0.05) is 57.4 Å². The van der Waals surface area contributed by atoms with Crippen LogP contribution in [0.15, 0.2) is 18.2 Å². The molecule has 9 nitrogen and oxygen atoms in total. The van der Waals surface area contributed by atoms with E-state index in [1.165, 1.54) is 7.05 Å². The van der Waals surface area contributed by atoms with E-state index in [0.717, 1.165) is 16.2 Å². The average Bonchev–Trinajstić information content (AvgIpc) is 3.07. The Morgan fingerprint density at radius 1 is 1.06 bits per heavy atom. The Labute approximate surface area is 187 Å². The van der Waals surface area contributed by atoms with Gasteiger partial charge in [-0.15, -0.1) is 0 Å². The van der Waals surface area contributed by atoms with Crippen LogP contribution in [0.1, 0.15) is 49.5 Å². The van der Waals surface area contributed by atoms with Gasteiger partial charge in [0.15, 0.2) is 0 Å². The normalized spacial score (nSPS) is 21.9. The molecule has 0 radical (unpaired) electrons. The van der Waals surface area contributed by atoms with Gasteiger partial charge >= 0.3 is 6.09 Å². The van der Waals surface area contributed by atoms with Gasteiger partial charge in [-0.05, 0) is 51.0 Å². The van der Waals surface area contributed by atoms with E-state index in [2.05, 4.69) is 4.90 Å². The average molecular weight is 443 g/mol. The van der Waals surface area contributed by atoms with Gasteiger partial charge in [0.25, 0.3) is 11.8 Å². The molecule has 0 aliphatic carbocycles. The van der Waals surface area contributed by atoms with Gasteiger partial charge in [0.05, 0.1) is 0 Å². The number of hydrogen-bond acceptors (Lipinski definition) is 6. The minimum absolute atomic E-state index is 0.164. The van der Waals surface area contributed by atoms with Gasteiger partial charge in [-0.1, -0.05) is 0 Å². The molecule has 1 aromatic carbocycles. The second-order valence-electron chi connectivity index (χ2n) is 9.57. The van der Waals surface area contributed by atoms with E-state index in [-0.39, 0.29) is 30.2 Å². The fourth-order valence-corrected chi connectivity index (χ4v) is 4.44. The van der Waals surface area contributed by atoms with Gasteiger partial charge in [-0.3, -0.25) is 19.3 Å². The highest BCUT2D eigenvalue weighted by Crippen LogP contribution is 2.31. The molecule has 3 aliphatic rings. The van der Waals surface area contributed by atoms with Crippen LogP contribution in [-0.2, 0) is 20.9 Å². The summed E-state index contributed by atoms with van der Waals surface area (Å²) in [5.41, 5.74) is 1.96. The fourth-order valence-electron chi connectivity index (χ4n) is 4.44. The lowest BCUT2D eigenvalue weighted by atomic mass is 10.0. The number of benzene rings is 1. The van der Waals surface area contributed by atoms with Crippen LogP contribution < -0.4 is 4.90 Å². The second-order valence-corrected chi connectivity index (χ2v) is 9.57. The van der Waals surface area contributed by atoms with Crippen LogP contribution in [0.5, 0.6) is 0 Å². The molecular formula is C23H30N4O5. The summed E-state index contributed by atoms with van der Waals surface area (Å²) in [5, 5.41) is 0. The van der Waals surface area contributed by atoms with Gasteiger partial charge in [-0.25, -0.2) is 4.79 Å². The molecule has 0 saturated carbocycles. The van der Waals surface area contributed by atoms with Crippen molar-refractivity contribution in [3.05, 3.63) is 29.3 Å². The molecule has 0 N–H and O–H groups in total. The van der Waals surface area contributed by atoms with Gasteiger partial charge in [-0.2, -0.15) is 0 Å². The number of likely N-dealkylation sites (tertiary alicyclic amines) is 1. The molecular weight excluding hydrogens is 412 g/mol. The third kappa shape index (κ3) is 4.16. The van der Waals surface area contributed by atoms with Crippen LogP contribution >= 0.6 is 0 Å². The summed E-state index contributed by atoms with van der Waals surface area (Å²) in [6.45, 7) is 8.39. The molecule has 3 aliphatic heterocycles. The summed E-state index contributed by atoms with van der Waals surface area (Å²) in [6.07, 6.45) is 0.328. The lowest BCUT2D eigenvalue weighted by molar-refractivity contribution is -0.150. The molecule has 172 valence electrons. The lowest BCUT2D eigenvalue weighted by Gasteiger charge is -2.36. The monoisotopic (exact) mass is 442 g/mol. The van der Waals surface area contributed by atoms with Crippen LogP contribution in [0.3, 0.4) is 0 Å². The first-order valence-electron chi connectivity index (χ1n) is 11.0. The second kappa shape index (κ2) is 8.11. The number of nitrogens with zero attached hydrogens (tertiary/aromatic N) is 4.